The highest BCUT2D eigenvalue weighted by Crippen LogP contribution is 2.43. The molecule has 2 nitrogen and oxygen atoms in total. The van der Waals surface area contributed by atoms with Crippen molar-refractivity contribution in [1.82, 2.24) is 0 Å². The fourth-order valence-corrected chi connectivity index (χ4v) is 3.08. The molecule has 2 aliphatic rings. The average Bonchev–Trinajstić information content (AvgIpc) is 2.28. The van der Waals surface area contributed by atoms with E-state index in [9.17, 15) is 4.79 Å². The number of ether oxygens (including phenoxy) is 1. The zero-order chi connectivity index (χ0) is 8.55. The summed E-state index contributed by atoms with van der Waals surface area (Å²) in [5, 5.41) is 0. The fraction of sp³-hybridized carbons (Fsp3) is 0.667. The van der Waals surface area contributed by atoms with E-state index in [2.05, 4.69) is 22.0 Å². The van der Waals surface area contributed by atoms with E-state index in [0.717, 1.165) is 18.8 Å². The normalized spacial score (nSPS) is 39.1. The molecule has 0 saturated heterocycles. The molecule has 0 aromatic heterocycles. The van der Waals surface area contributed by atoms with E-state index in [0.29, 0.717) is 12.4 Å². The lowest BCUT2D eigenvalue weighted by molar-refractivity contribution is -0.134. The molecule has 2 bridgehead atoms. The summed E-state index contributed by atoms with van der Waals surface area (Å²) in [6.45, 7) is 0.576. The van der Waals surface area contributed by atoms with Crippen molar-refractivity contribution in [2.24, 2.45) is 11.8 Å². The van der Waals surface area contributed by atoms with Gasteiger partial charge in [0.05, 0.1) is 0 Å². The van der Waals surface area contributed by atoms with Crippen LogP contribution in [0.25, 0.3) is 0 Å². The Kier molecular flexibility index (Phi) is 2.22. The van der Waals surface area contributed by atoms with Crippen LogP contribution in [0.4, 0.5) is 0 Å². The van der Waals surface area contributed by atoms with E-state index < -0.39 is 0 Å². The van der Waals surface area contributed by atoms with Gasteiger partial charge in [0.25, 0.3) is 6.47 Å². The second kappa shape index (κ2) is 3.21. The Morgan fingerprint density at radius 3 is 3.17 bits per heavy atom. The first-order valence-corrected chi connectivity index (χ1v) is 5.04. The van der Waals surface area contributed by atoms with Gasteiger partial charge < -0.3 is 4.74 Å². The molecule has 1 fully saturated rings. The number of carbonyl (C=O) groups excluding carboxylic acids is 1. The molecule has 1 saturated carbocycles. The third-order valence-corrected chi connectivity index (χ3v) is 3.35. The van der Waals surface area contributed by atoms with E-state index in [1.165, 1.54) is 10.9 Å². The van der Waals surface area contributed by atoms with Crippen LogP contribution in [0.15, 0.2) is 10.6 Å². The summed E-state index contributed by atoms with van der Waals surface area (Å²) < 4.78 is 6.30. The van der Waals surface area contributed by atoms with E-state index in [4.69, 9.17) is 4.74 Å². The van der Waals surface area contributed by atoms with Gasteiger partial charge in [0.2, 0.25) is 0 Å². The van der Waals surface area contributed by atoms with Gasteiger partial charge in [-0.15, -0.1) is 0 Å². The zero-order valence-corrected chi connectivity index (χ0v) is 8.29. The third-order valence-electron chi connectivity index (χ3n) is 2.76. The standard InChI is InChI=1S/C9H11BrO2/c10-8-2-6-1-7(4-8)9(3-6)12-5-11/h4-7,9H,1-3H2/t6-,7-,9+/m0/s1. The van der Waals surface area contributed by atoms with Gasteiger partial charge in [0.1, 0.15) is 6.10 Å². The summed E-state index contributed by atoms with van der Waals surface area (Å²) in [5.74, 6) is 1.18. The second-order valence-electron chi connectivity index (χ2n) is 3.59. The maximum absolute atomic E-state index is 10.2. The highest BCUT2D eigenvalue weighted by Gasteiger charge is 2.37. The predicted octanol–water partition coefficient (Wildman–Crippen LogP) is 2.24. The van der Waals surface area contributed by atoms with Crippen LogP contribution in [-0.2, 0) is 9.53 Å². The van der Waals surface area contributed by atoms with Crippen LogP contribution >= 0.6 is 15.9 Å². The molecular formula is C9H11BrO2. The maximum Gasteiger partial charge on any atom is 0.293 e. The highest BCUT2D eigenvalue weighted by molar-refractivity contribution is 9.11. The lowest BCUT2D eigenvalue weighted by atomic mass is 9.95. The quantitative estimate of drug-likeness (QED) is 0.681. The van der Waals surface area contributed by atoms with Gasteiger partial charge in [-0.2, -0.15) is 0 Å². The summed E-state index contributed by atoms with van der Waals surface area (Å²) in [7, 11) is 0. The SMILES string of the molecule is O=CO[C@@H]1C[C@@H]2CC(Br)=C[C@@H]1C2. The van der Waals surface area contributed by atoms with Crippen molar-refractivity contribution in [3.8, 4) is 0 Å². The molecule has 0 aromatic rings. The minimum Gasteiger partial charge on any atom is -0.464 e. The number of halogens is 1. The van der Waals surface area contributed by atoms with Gasteiger partial charge >= 0.3 is 0 Å². The summed E-state index contributed by atoms with van der Waals surface area (Å²) in [4.78, 5) is 10.2. The lowest BCUT2D eigenvalue weighted by Gasteiger charge is -2.16. The van der Waals surface area contributed by atoms with E-state index in [-0.39, 0.29) is 6.10 Å². The highest BCUT2D eigenvalue weighted by atomic mass is 79.9. The maximum atomic E-state index is 10.2. The topological polar surface area (TPSA) is 26.3 Å². The number of carbonyl (C=O) groups is 1. The number of hydrogen-bond donors (Lipinski definition) is 0. The van der Waals surface area contributed by atoms with Crippen LogP contribution in [-0.4, -0.2) is 12.6 Å². The molecule has 0 spiro atoms. The summed E-state index contributed by atoms with van der Waals surface area (Å²) in [6, 6.07) is 0. The predicted molar refractivity (Wildman–Crippen MR) is 48.8 cm³/mol. The van der Waals surface area contributed by atoms with Gasteiger partial charge in [-0.05, 0) is 29.7 Å². The van der Waals surface area contributed by atoms with Crippen molar-refractivity contribution in [2.45, 2.75) is 25.4 Å². The smallest absolute Gasteiger partial charge is 0.293 e. The van der Waals surface area contributed by atoms with Crippen LogP contribution in [0.1, 0.15) is 19.3 Å². The Bertz CT molecular complexity index is 225. The van der Waals surface area contributed by atoms with Gasteiger partial charge in [-0.3, -0.25) is 4.79 Å². The molecule has 0 aliphatic heterocycles. The van der Waals surface area contributed by atoms with Crippen molar-refractivity contribution < 1.29 is 9.53 Å². The lowest BCUT2D eigenvalue weighted by Crippen LogP contribution is -2.15. The molecule has 0 aromatic carbocycles. The first-order chi connectivity index (χ1) is 5.79. The molecule has 12 heavy (non-hydrogen) atoms. The monoisotopic (exact) mass is 230 g/mol. The first-order valence-electron chi connectivity index (χ1n) is 4.25. The van der Waals surface area contributed by atoms with Gasteiger partial charge in [0.15, 0.2) is 0 Å². The number of fused-ring (bicyclic) bond motifs is 2. The molecule has 3 heteroatoms. The van der Waals surface area contributed by atoms with Gasteiger partial charge in [-0.1, -0.05) is 22.0 Å². The molecule has 0 heterocycles. The Morgan fingerprint density at radius 1 is 1.58 bits per heavy atom. The molecule has 2 rings (SSSR count). The Hall–Kier alpha value is -0.310. The summed E-state index contributed by atoms with van der Waals surface area (Å²) in [6.07, 6.45) is 5.68. The van der Waals surface area contributed by atoms with Crippen molar-refractivity contribution in [1.29, 1.82) is 0 Å². The largest absolute Gasteiger partial charge is 0.464 e. The molecule has 0 N–H and O–H groups in total. The van der Waals surface area contributed by atoms with Crippen molar-refractivity contribution in [3.05, 3.63) is 10.6 Å². The minimum atomic E-state index is 0.141. The fourth-order valence-electron chi connectivity index (χ4n) is 2.28. The van der Waals surface area contributed by atoms with E-state index >= 15 is 0 Å². The van der Waals surface area contributed by atoms with Gasteiger partial charge in [-0.25, -0.2) is 0 Å². The average molecular weight is 231 g/mol. The second-order valence-corrected chi connectivity index (χ2v) is 4.61. The molecule has 2 aliphatic carbocycles. The summed E-state index contributed by atoms with van der Waals surface area (Å²) >= 11 is 3.50. The Morgan fingerprint density at radius 2 is 2.42 bits per heavy atom. The van der Waals surface area contributed by atoms with Crippen LogP contribution in [0.5, 0.6) is 0 Å². The van der Waals surface area contributed by atoms with Crippen molar-refractivity contribution >= 4 is 22.4 Å². The number of allylic oxidation sites excluding steroid dienone is 1. The molecule has 0 unspecified atom stereocenters. The van der Waals surface area contributed by atoms with Crippen molar-refractivity contribution in [2.75, 3.05) is 0 Å². The molecule has 0 amide bonds. The van der Waals surface area contributed by atoms with Crippen LogP contribution in [0.3, 0.4) is 0 Å². The zero-order valence-electron chi connectivity index (χ0n) is 6.70. The van der Waals surface area contributed by atoms with E-state index in [1.807, 2.05) is 0 Å². The van der Waals surface area contributed by atoms with Crippen molar-refractivity contribution in [3.63, 3.8) is 0 Å². The van der Waals surface area contributed by atoms with Crippen LogP contribution in [0.2, 0.25) is 0 Å². The summed E-state index contributed by atoms with van der Waals surface area (Å²) in [5.41, 5.74) is 0. The Balaban J connectivity index is 2.09. The van der Waals surface area contributed by atoms with Gasteiger partial charge in [0, 0.05) is 5.92 Å². The minimum absolute atomic E-state index is 0.141. The van der Waals surface area contributed by atoms with E-state index in [1.54, 1.807) is 0 Å². The molecule has 0 radical (unpaired) electrons. The third kappa shape index (κ3) is 1.42. The Labute approximate surface area is 80.1 Å². The molecular weight excluding hydrogens is 220 g/mol. The first kappa shape index (κ1) is 8.30. The van der Waals surface area contributed by atoms with Crippen LogP contribution < -0.4 is 0 Å². The molecule has 66 valence electrons. The number of rotatable bonds is 2. The molecule has 3 atom stereocenters. The number of hydrogen-bond acceptors (Lipinski definition) is 2. The van der Waals surface area contributed by atoms with Crippen LogP contribution in [0, 0.1) is 11.8 Å².